The molecule has 2 aromatic heterocycles. The number of rotatable bonds is 4. The van der Waals surface area contributed by atoms with Gasteiger partial charge in [0.15, 0.2) is 5.96 Å². The predicted molar refractivity (Wildman–Crippen MR) is 118 cm³/mol. The van der Waals surface area contributed by atoms with Gasteiger partial charge in [-0.2, -0.15) is 0 Å². The van der Waals surface area contributed by atoms with Crippen LogP contribution in [-0.2, 0) is 17.8 Å². The van der Waals surface area contributed by atoms with Crippen molar-refractivity contribution in [3.8, 4) is 0 Å². The summed E-state index contributed by atoms with van der Waals surface area (Å²) < 4.78 is 0. The summed E-state index contributed by atoms with van der Waals surface area (Å²) in [5.74, 6) is 1.12. The van der Waals surface area contributed by atoms with Crippen LogP contribution in [0.1, 0.15) is 16.9 Å². The van der Waals surface area contributed by atoms with Crippen molar-refractivity contribution in [3.63, 3.8) is 0 Å². The number of hydrogen-bond acceptors (Lipinski definition) is 5. The van der Waals surface area contributed by atoms with Gasteiger partial charge in [-0.1, -0.05) is 0 Å². The first-order valence-electron chi connectivity index (χ1n) is 9.81. The Morgan fingerprint density at radius 3 is 2.71 bits per heavy atom. The Hall–Kier alpha value is -2.06. The van der Waals surface area contributed by atoms with E-state index in [9.17, 15) is 4.79 Å². The van der Waals surface area contributed by atoms with Crippen molar-refractivity contribution in [1.29, 1.82) is 0 Å². The van der Waals surface area contributed by atoms with Gasteiger partial charge >= 0.3 is 0 Å². The highest BCUT2D eigenvalue weighted by molar-refractivity contribution is 7.14. The molecule has 1 saturated heterocycles. The highest BCUT2D eigenvalue weighted by Crippen LogP contribution is 2.24. The topological polar surface area (TPSA) is 51.2 Å². The molecule has 8 heteroatoms. The summed E-state index contributed by atoms with van der Waals surface area (Å²) in [6.07, 6.45) is 1.50. The lowest BCUT2D eigenvalue weighted by atomic mass is 10.1. The van der Waals surface area contributed by atoms with Gasteiger partial charge in [0.25, 0.3) is 0 Å². The third-order valence-corrected chi connectivity index (χ3v) is 7.34. The zero-order chi connectivity index (χ0) is 19.3. The van der Waals surface area contributed by atoms with E-state index < -0.39 is 0 Å². The Kier molecular flexibility index (Phi) is 6.17. The molecule has 1 fully saturated rings. The number of fused-ring (bicyclic) bond motifs is 1. The first-order valence-corrected chi connectivity index (χ1v) is 11.6. The maximum Gasteiger partial charge on any atom is 0.224 e. The minimum atomic E-state index is 0.224. The van der Waals surface area contributed by atoms with Crippen molar-refractivity contribution >= 4 is 39.5 Å². The van der Waals surface area contributed by atoms with E-state index in [1.165, 1.54) is 15.4 Å². The summed E-state index contributed by atoms with van der Waals surface area (Å²) in [6.45, 7) is 6.11. The fraction of sp³-hybridized carbons (Fsp3) is 0.500. The minimum absolute atomic E-state index is 0.224. The van der Waals surface area contributed by atoms with Crippen LogP contribution in [0.5, 0.6) is 0 Å². The second-order valence-electron chi connectivity index (χ2n) is 7.08. The average Bonchev–Trinajstić information content (AvgIpc) is 3.42. The summed E-state index contributed by atoms with van der Waals surface area (Å²) >= 11 is 3.60. The van der Waals surface area contributed by atoms with Crippen LogP contribution < -0.4 is 10.2 Å². The lowest BCUT2D eigenvalue weighted by Gasteiger charge is -2.37. The van der Waals surface area contributed by atoms with Gasteiger partial charge in [-0.3, -0.25) is 9.79 Å². The molecule has 0 unspecified atom stereocenters. The first-order chi connectivity index (χ1) is 13.7. The van der Waals surface area contributed by atoms with Gasteiger partial charge in [-0.25, -0.2) is 0 Å². The van der Waals surface area contributed by atoms with Crippen LogP contribution in [0.4, 0.5) is 5.00 Å². The molecule has 0 radical (unpaired) electrons. The number of amides is 1. The van der Waals surface area contributed by atoms with Crippen molar-refractivity contribution in [3.05, 3.63) is 39.4 Å². The third-order valence-electron chi connectivity index (χ3n) is 5.39. The molecule has 4 heterocycles. The van der Waals surface area contributed by atoms with Crippen LogP contribution in [0.25, 0.3) is 0 Å². The van der Waals surface area contributed by atoms with Crippen molar-refractivity contribution in [1.82, 2.24) is 15.1 Å². The number of carbonyl (C=O) groups excluding carboxylic acids is 1. The molecule has 2 aromatic rings. The van der Waals surface area contributed by atoms with Crippen LogP contribution in [0, 0.1) is 0 Å². The molecule has 0 saturated carbocycles. The number of aliphatic imine (C=N–C) groups is 1. The standard InChI is InChI=1S/C20H27N5OS2/c1-21-20(24-11-9-23(10-12-24)19-3-2-13-28-19)22-7-4-18(26)25-8-5-17-16(15-25)6-14-27-17/h2-3,6,13-14H,4-5,7-12,15H2,1H3,(H,21,22). The lowest BCUT2D eigenvalue weighted by molar-refractivity contribution is -0.131. The summed E-state index contributed by atoms with van der Waals surface area (Å²) in [4.78, 5) is 25.1. The van der Waals surface area contributed by atoms with Gasteiger partial charge in [0, 0.05) is 64.2 Å². The number of anilines is 1. The van der Waals surface area contributed by atoms with E-state index in [2.05, 4.69) is 49.1 Å². The molecular weight excluding hydrogens is 390 g/mol. The van der Waals surface area contributed by atoms with Gasteiger partial charge in [0.2, 0.25) is 5.91 Å². The van der Waals surface area contributed by atoms with Crippen LogP contribution in [-0.4, -0.2) is 68.0 Å². The van der Waals surface area contributed by atoms with Crippen molar-refractivity contribution in [2.75, 3.05) is 51.2 Å². The normalized spacial score (nSPS) is 17.6. The van der Waals surface area contributed by atoms with E-state index >= 15 is 0 Å². The largest absolute Gasteiger partial charge is 0.360 e. The summed E-state index contributed by atoms with van der Waals surface area (Å²) in [5, 5.41) is 8.98. The van der Waals surface area contributed by atoms with Crippen LogP contribution in [0.3, 0.4) is 0 Å². The molecule has 150 valence electrons. The van der Waals surface area contributed by atoms with E-state index in [4.69, 9.17) is 0 Å². The number of thiophene rings is 2. The summed E-state index contributed by atoms with van der Waals surface area (Å²) in [7, 11) is 1.82. The molecule has 2 aliphatic rings. The fourth-order valence-electron chi connectivity index (χ4n) is 3.82. The zero-order valence-electron chi connectivity index (χ0n) is 16.3. The van der Waals surface area contributed by atoms with E-state index in [1.54, 1.807) is 22.7 Å². The second-order valence-corrected chi connectivity index (χ2v) is 9.01. The molecule has 2 aliphatic heterocycles. The lowest BCUT2D eigenvalue weighted by Crippen LogP contribution is -2.52. The monoisotopic (exact) mass is 417 g/mol. The molecule has 0 aliphatic carbocycles. The highest BCUT2D eigenvalue weighted by atomic mass is 32.1. The molecule has 0 spiro atoms. The van der Waals surface area contributed by atoms with E-state index in [-0.39, 0.29) is 5.91 Å². The number of piperazine rings is 1. The maximum absolute atomic E-state index is 12.6. The van der Waals surface area contributed by atoms with E-state index in [0.29, 0.717) is 13.0 Å². The molecular formula is C20H27N5OS2. The maximum atomic E-state index is 12.6. The zero-order valence-corrected chi connectivity index (χ0v) is 17.9. The van der Waals surface area contributed by atoms with Gasteiger partial charge in [-0.05, 0) is 40.9 Å². The van der Waals surface area contributed by atoms with Crippen molar-refractivity contribution in [2.45, 2.75) is 19.4 Å². The Morgan fingerprint density at radius 2 is 1.96 bits per heavy atom. The molecule has 1 amide bonds. The molecule has 0 bridgehead atoms. The molecule has 0 atom stereocenters. The van der Waals surface area contributed by atoms with Gasteiger partial charge in [-0.15, -0.1) is 22.7 Å². The molecule has 4 rings (SSSR count). The second kappa shape index (κ2) is 8.96. The van der Waals surface area contributed by atoms with Crippen LogP contribution >= 0.6 is 22.7 Å². The third kappa shape index (κ3) is 4.33. The highest BCUT2D eigenvalue weighted by Gasteiger charge is 2.22. The first kappa shape index (κ1) is 19.3. The van der Waals surface area contributed by atoms with E-state index in [0.717, 1.165) is 51.6 Å². The van der Waals surface area contributed by atoms with E-state index in [1.807, 2.05) is 11.9 Å². The van der Waals surface area contributed by atoms with Gasteiger partial charge in [0.1, 0.15) is 0 Å². The Balaban J connectivity index is 1.21. The fourth-order valence-corrected chi connectivity index (χ4v) is 5.50. The Bertz CT molecular complexity index is 808. The van der Waals surface area contributed by atoms with Crippen LogP contribution in [0.2, 0.25) is 0 Å². The molecule has 1 N–H and O–H groups in total. The Morgan fingerprint density at radius 1 is 1.11 bits per heavy atom. The quantitative estimate of drug-likeness (QED) is 0.613. The van der Waals surface area contributed by atoms with Gasteiger partial charge in [0.05, 0.1) is 5.00 Å². The smallest absolute Gasteiger partial charge is 0.224 e. The average molecular weight is 418 g/mol. The number of hydrogen-bond donors (Lipinski definition) is 1. The number of nitrogens with one attached hydrogen (secondary N) is 1. The number of carbonyl (C=O) groups is 1. The summed E-state index contributed by atoms with van der Waals surface area (Å²) in [6, 6.07) is 6.43. The summed E-state index contributed by atoms with van der Waals surface area (Å²) in [5.41, 5.74) is 1.32. The molecule has 6 nitrogen and oxygen atoms in total. The minimum Gasteiger partial charge on any atom is -0.360 e. The van der Waals surface area contributed by atoms with Gasteiger partial charge < -0.3 is 20.0 Å². The number of guanidine groups is 1. The van der Waals surface area contributed by atoms with Crippen LogP contribution in [0.15, 0.2) is 34.0 Å². The van der Waals surface area contributed by atoms with Crippen molar-refractivity contribution < 1.29 is 4.79 Å². The molecule has 0 aromatic carbocycles. The Labute approximate surface area is 174 Å². The molecule has 28 heavy (non-hydrogen) atoms. The number of nitrogens with zero attached hydrogens (tertiary/aromatic N) is 4. The SMILES string of the molecule is CN=C(NCCC(=O)N1CCc2sccc2C1)N1CCN(c2cccs2)CC1. The van der Waals surface area contributed by atoms with Crippen molar-refractivity contribution in [2.24, 2.45) is 4.99 Å². The predicted octanol–water partition coefficient (Wildman–Crippen LogP) is 2.48.